The topological polar surface area (TPSA) is 22.9 Å². The first-order valence-corrected chi connectivity index (χ1v) is 7.54. The van der Waals surface area contributed by atoms with E-state index in [1.54, 1.807) is 14.2 Å². The minimum absolute atomic E-state index is 0.851. The largest absolute Gasteiger partial charge is 0.496 e. The van der Waals surface area contributed by atoms with E-state index in [1.165, 1.54) is 5.39 Å². The Balaban J connectivity index is 2.23. The average Bonchev–Trinajstić information content (AvgIpc) is 2.96. The molecule has 2 aromatic carbocycles. The van der Waals surface area contributed by atoms with E-state index in [9.17, 15) is 0 Å². The van der Waals surface area contributed by atoms with Crippen LogP contribution in [0, 0.1) is 0 Å². The summed E-state index contributed by atoms with van der Waals surface area (Å²) < 4.78 is 13.4. The van der Waals surface area contributed by atoms with Crippen molar-refractivity contribution in [3.8, 4) is 22.6 Å². The van der Waals surface area contributed by atoms with Gasteiger partial charge >= 0.3 is 0 Å². The molecule has 23 heavy (non-hydrogen) atoms. The zero-order chi connectivity index (χ0) is 15.8. The lowest BCUT2D eigenvalue weighted by molar-refractivity contribution is 0.416. The molecule has 0 fully saturated rings. The molecule has 4 rings (SSSR count). The maximum atomic E-state index is 5.63. The van der Waals surface area contributed by atoms with Gasteiger partial charge in [0.2, 0.25) is 0 Å². The van der Waals surface area contributed by atoms with Crippen molar-refractivity contribution in [2.24, 2.45) is 0 Å². The number of fused-ring (bicyclic) bond motifs is 3. The molecule has 0 spiro atoms. The number of nitrogens with zero attached hydrogens (tertiary/aromatic N) is 1. The molecule has 2 aromatic heterocycles. The number of aromatic nitrogens is 1. The Labute approximate surface area is 134 Å². The van der Waals surface area contributed by atoms with E-state index in [2.05, 4.69) is 40.9 Å². The standard InChI is InChI=1S/C20H17NO2/c1-22-17-11-6-4-9-15(17)19-14-8-3-5-10-16(14)21-13-7-12-18(23-2)20(19)21/h3-13H,1-2H3. The summed E-state index contributed by atoms with van der Waals surface area (Å²) in [5.74, 6) is 1.71. The minimum Gasteiger partial charge on any atom is -0.496 e. The molecule has 2 heterocycles. The minimum atomic E-state index is 0.851. The van der Waals surface area contributed by atoms with Gasteiger partial charge in [0.15, 0.2) is 0 Å². The van der Waals surface area contributed by atoms with E-state index in [0.717, 1.165) is 33.7 Å². The molecule has 3 nitrogen and oxygen atoms in total. The Morgan fingerprint density at radius 3 is 2.26 bits per heavy atom. The third-order valence-electron chi connectivity index (χ3n) is 4.22. The number of para-hydroxylation sites is 2. The smallest absolute Gasteiger partial charge is 0.143 e. The van der Waals surface area contributed by atoms with Crippen molar-refractivity contribution in [2.45, 2.75) is 0 Å². The highest BCUT2D eigenvalue weighted by molar-refractivity contribution is 6.08. The lowest BCUT2D eigenvalue weighted by Crippen LogP contribution is -1.91. The quantitative estimate of drug-likeness (QED) is 0.544. The SMILES string of the molecule is COc1ccccc1-c1c2ccccc2n2cccc(OC)c12. The first-order valence-electron chi connectivity index (χ1n) is 7.54. The summed E-state index contributed by atoms with van der Waals surface area (Å²) in [6.07, 6.45) is 2.07. The highest BCUT2D eigenvalue weighted by Gasteiger charge is 2.18. The molecular weight excluding hydrogens is 286 g/mol. The lowest BCUT2D eigenvalue weighted by atomic mass is 10.0. The maximum Gasteiger partial charge on any atom is 0.143 e. The Morgan fingerprint density at radius 2 is 1.43 bits per heavy atom. The summed E-state index contributed by atoms with van der Waals surface area (Å²) in [4.78, 5) is 0. The van der Waals surface area contributed by atoms with Gasteiger partial charge in [0.1, 0.15) is 11.5 Å². The molecule has 0 saturated heterocycles. The van der Waals surface area contributed by atoms with Crippen LogP contribution in [0.4, 0.5) is 0 Å². The summed E-state index contributed by atoms with van der Waals surface area (Å²) in [7, 11) is 3.41. The third-order valence-corrected chi connectivity index (χ3v) is 4.22. The Morgan fingerprint density at radius 1 is 0.739 bits per heavy atom. The van der Waals surface area contributed by atoms with Gasteiger partial charge in [-0.05, 0) is 24.3 Å². The van der Waals surface area contributed by atoms with E-state index in [0.29, 0.717) is 0 Å². The van der Waals surface area contributed by atoms with E-state index >= 15 is 0 Å². The summed E-state index contributed by atoms with van der Waals surface area (Å²) >= 11 is 0. The number of methoxy groups -OCH3 is 2. The average molecular weight is 303 g/mol. The van der Waals surface area contributed by atoms with E-state index in [1.807, 2.05) is 30.3 Å². The van der Waals surface area contributed by atoms with Crippen LogP contribution in [0.5, 0.6) is 11.5 Å². The molecule has 0 saturated carbocycles. The molecule has 0 N–H and O–H groups in total. The molecule has 0 atom stereocenters. The van der Waals surface area contributed by atoms with Crippen LogP contribution in [-0.4, -0.2) is 18.6 Å². The summed E-state index contributed by atoms with van der Waals surface area (Å²) in [6.45, 7) is 0. The van der Waals surface area contributed by atoms with Crippen molar-refractivity contribution in [2.75, 3.05) is 14.2 Å². The van der Waals surface area contributed by atoms with Gasteiger partial charge in [-0.2, -0.15) is 0 Å². The first-order chi connectivity index (χ1) is 11.3. The molecule has 0 bridgehead atoms. The van der Waals surface area contributed by atoms with Crippen molar-refractivity contribution in [3.05, 3.63) is 66.9 Å². The van der Waals surface area contributed by atoms with Gasteiger partial charge in [0, 0.05) is 22.7 Å². The second kappa shape index (κ2) is 5.36. The number of hydrogen-bond donors (Lipinski definition) is 0. The van der Waals surface area contributed by atoms with Gasteiger partial charge in [-0.3, -0.25) is 0 Å². The van der Waals surface area contributed by atoms with Crippen LogP contribution in [0.3, 0.4) is 0 Å². The van der Waals surface area contributed by atoms with Crippen molar-refractivity contribution in [1.82, 2.24) is 4.40 Å². The molecule has 0 aliphatic carbocycles. The molecule has 0 amide bonds. The maximum absolute atomic E-state index is 5.63. The van der Waals surface area contributed by atoms with Gasteiger partial charge in [-0.1, -0.05) is 36.4 Å². The van der Waals surface area contributed by atoms with Gasteiger partial charge in [0.05, 0.1) is 25.3 Å². The zero-order valence-electron chi connectivity index (χ0n) is 13.1. The van der Waals surface area contributed by atoms with Crippen LogP contribution in [-0.2, 0) is 0 Å². The summed E-state index contributed by atoms with van der Waals surface area (Å²) in [5, 5.41) is 1.18. The second-order valence-corrected chi connectivity index (χ2v) is 5.39. The van der Waals surface area contributed by atoms with Crippen LogP contribution < -0.4 is 9.47 Å². The van der Waals surface area contributed by atoms with Crippen molar-refractivity contribution in [1.29, 1.82) is 0 Å². The number of benzene rings is 2. The zero-order valence-corrected chi connectivity index (χ0v) is 13.1. The highest BCUT2D eigenvalue weighted by Crippen LogP contribution is 2.42. The van der Waals surface area contributed by atoms with E-state index in [-0.39, 0.29) is 0 Å². The monoisotopic (exact) mass is 303 g/mol. The molecular formula is C20H17NO2. The fourth-order valence-electron chi connectivity index (χ4n) is 3.24. The summed E-state index contributed by atoms with van der Waals surface area (Å²) in [5.41, 5.74) is 4.41. The molecule has 0 aliphatic heterocycles. The Bertz CT molecular complexity index is 1000. The number of hydrogen-bond acceptors (Lipinski definition) is 2. The molecule has 0 aliphatic rings. The lowest BCUT2D eigenvalue weighted by Gasteiger charge is -2.10. The predicted octanol–water partition coefficient (Wildman–Crippen LogP) is 4.78. The third kappa shape index (κ3) is 1.97. The molecule has 3 heteroatoms. The van der Waals surface area contributed by atoms with Gasteiger partial charge in [-0.15, -0.1) is 0 Å². The van der Waals surface area contributed by atoms with Gasteiger partial charge < -0.3 is 13.9 Å². The van der Waals surface area contributed by atoms with Crippen molar-refractivity contribution >= 4 is 16.4 Å². The van der Waals surface area contributed by atoms with E-state index < -0.39 is 0 Å². The molecule has 4 aromatic rings. The predicted molar refractivity (Wildman–Crippen MR) is 93.4 cm³/mol. The van der Waals surface area contributed by atoms with Gasteiger partial charge in [0.25, 0.3) is 0 Å². The van der Waals surface area contributed by atoms with Crippen LogP contribution in [0.2, 0.25) is 0 Å². The van der Waals surface area contributed by atoms with Crippen LogP contribution in [0.25, 0.3) is 27.5 Å². The second-order valence-electron chi connectivity index (χ2n) is 5.39. The summed E-state index contributed by atoms with van der Waals surface area (Å²) in [6, 6.07) is 20.5. The Kier molecular flexibility index (Phi) is 3.19. The number of rotatable bonds is 3. The van der Waals surface area contributed by atoms with Crippen molar-refractivity contribution in [3.63, 3.8) is 0 Å². The molecule has 0 radical (unpaired) electrons. The van der Waals surface area contributed by atoms with Crippen LogP contribution >= 0.6 is 0 Å². The fraction of sp³-hybridized carbons (Fsp3) is 0.100. The Hall–Kier alpha value is -2.94. The first kappa shape index (κ1) is 13.7. The van der Waals surface area contributed by atoms with Crippen LogP contribution in [0.1, 0.15) is 0 Å². The van der Waals surface area contributed by atoms with Crippen LogP contribution in [0.15, 0.2) is 66.9 Å². The highest BCUT2D eigenvalue weighted by atomic mass is 16.5. The molecule has 114 valence electrons. The van der Waals surface area contributed by atoms with E-state index in [4.69, 9.17) is 9.47 Å². The molecule has 0 unspecified atom stereocenters. The number of ether oxygens (including phenoxy) is 2. The normalized spacial score (nSPS) is 11.0. The van der Waals surface area contributed by atoms with Crippen molar-refractivity contribution < 1.29 is 9.47 Å². The number of pyridine rings is 1. The fourth-order valence-corrected chi connectivity index (χ4v) is 3.24. The van der Waals surface area contributed by atoms with Gasteiger partial charge in [-0.25, -0.2) is 0 Å².